The Labute approximate surface area is 132 Å². The molecule has 0 amide bonds. The number of halogens is 1. The second kappa shape index (κ2) is 5.62. The fraction of sp³-hybridized carbons (Fsp3) is 0.235. The third-order valence-corrected chi connectivity index (χ3v) is 4.38. The first-order chi connectivity index (χ1) is 10.1. The zero-order chi connectivity index (χ0) is 15.0. The number of rotatable bonds is 3. The quantitative estimate of drug-likeness (QED) is 0.783. The summed E-state index contributed by atoms with van der Waals surface area (Å²) in [6, 6.07) is 14.5. The summed E-state index contributed by atoms with van der Waals surface area (Å²) in [5.41, 5.74) is 11.0. The number of para-hydroxylation sites is 1. The minimum absolute atomic E-state index is 0.0548. The maximum absolute atomic E-state index is 6.43. The molecular formula is C17H18BrN3. The van der Waals surface area contributed by atoms with Gasteiger partial charge in [-0.1, -0.05) is 40.2 Å². The largest absolute Gasteiger partial charge is 0.324 e. The number of aryl methyl sites for hydroxylation is 2. The molecule has 0 bridgehead atoms. The number of fused-ring (bicyclic) bond motifs is 1. The Kier molecular flexibility index (Phi) is 3.83. The lowest BCUT2D eigenvalue weighted by atomic mass is 9.97. The lowest BCUT2D eigenvalue weighted by molar-refractivity contribution is 0.678. The Morgan fingerprint density at radius 3 is 2.81 bits per heavy atom. The molecule has 0 aliphatic carbocycles. The Morgan fingerprint density at radius 1 is 1.24 bits per heavy atom. The molecule has 0 aliphatic heterocycles. The van der Waals surface area contributed by atoms with Crippen LogP contribution in [0.15, 0.2) is 46.9 Å². The minimum atomic E-state index is -0.0548. The van der Waals surface area contributed by atoms with Crippen LogP contribution in [0.2, 0.25) is 0 Å². The van der Waals surface area contributed by atoms with Crippen molar-refractivity contribution < 1.29 is 0 Å². The van der Waals surface area contributed by atoms with Crippen LogP contribution in [0.4, 0.5) is 0 Å². The van der Waals surface area contributed by atoms with Crippen LogP contribution in [0.5, 0.6) is 0 Å². The summed E-state index contributed by atoms with van der Waals surface area (Å²) in [6.07, 6.45) is 0.735. The van der Waals surface area contributed by atoms with Crippen LogP contribution < -0.4 is 5.73 Å². The molecule has 0 fully saturated rings. The van der Waals surface area contributed by atoms with Crippen molar-refractivity contribution in [1.29, 1.82) is 0 Å². The van der Waals surface area contributed by atoms with Crippen LogP contribution in [-0.4, -0.2) is 9.78 Å². The fourth-order valence-corrected chi connectivity index (χ4v) is 3.15. The van der Waals surface area contributed by atoms with Gasteiger partial charge in [-0.3, -0.25) is 4.68 Å². The lowest BCUT2D eigenvalue weighted by Crippen LogP contribution is -2.15. The average molecular weight is 344 g/mol. The lowest BCUT2D eigenvalue weighted by Gasteiger charge is -2.14. The SMILES string of the molecule is Cc1ccc(Br)cc1C(N)Cc1nn(C)c2ccccc12. The highest BCUT2D eigenvalue weighted by Gasteiger charge is 2.15. The zero-order valence-electron chi connectivity index (χ0n) is 12.2. The van der Waals surface area contributed by atoms with E-state index < -0.39 is 0 Å². The van der Waals surface area contributed by atoms with E-state index in [2.05, 4.69) is 52.2 Å². The van der Waals surface area contributed by atoms with Crippen molar-refractivity contribution in [2.75, 3.05) is 0 Å². The van der Waals surface area contributed by atoms with Crippen molar-refractivity contribution in [3.8, 4) is 0 Å². The molecule has 4 heteroatoms. The van der Waals surface area contributed by atoms with E-state index in [1.165, 1.54) is 16.5 Å². The highest BCUT2D eigenvalue weighted by atomic mass is 79.9. The Morgan fingerprint density at radius 2 is 2.00 bits per heavy atom. The van der Waals surface area contributed by atoms with Crippen molar-refractivity contribution in [3.05, 3.63) is 63.8 Å². The second-order valence-corrected chi connectivity index (χ2v) is 6.31. The molecule has 0 radical (unpaired) electrons. The molecule has 1 unspecified atom stereocenters. The number of nitrogens with zero attached hydrogens (tertiary/aromatic N) is 2. The van der Waals surface area contributed by atoms with Gasteiger partial charge in [0.25, 0.3) is 0 Å². The van der Waals surface area contributed by atoms with E-state index in [4.69, 9.17) is 5.73 Å². The van der Waals surface area contributed by atoms with Gasteiger partial charge in [-0.25, -0.2) is 0 Å². The zero-order valence-corrected chi connectivity index (χ0v) is 13.8. The summed E-state index contributed by atoms with van der Waals surface area (Å²) in [6.45, 7) is 2.10. The van der Waals surface area contributed by atoms with Crippen molar-refractivity contribution >= 4 is 26.8 Å². The molecular weight excluding hydrogens is 326 g/mol. The summed E-state index contributed by atoms with van der Waals surface area (Å²) >= 11 is 3.52. The molecule has 0 saturated carbocycles. The van der Waals surface area contributed by atoms with E-state index in [9.17, 15) is 0 Å². The molecule has 21 heavy (non-hydrogen) atoms. The second-order valence-electron chi connectivity index (χ2n) is 5.40. The van der Waals surface area contributed by atoms with Crippen molar-refractivity contribution in [3.63, 3.8) is 0 Å². The smallest absolute Gasteiger partial charge is 0.0722 e. The van der Waals surface area contributed by atoms with Crippen LogP contribution in [0.25, 0.3) is 10.9 Å². The standard InChI is InChI=1S/C17H18BrN3/c1-11-7-8-12(18)9-14(11)15(19)10-16-13-5-3-4-6-17(13)21(2)20-16/h3-9,15H,10,19H2,1-2H3. The van der Waals surface area contributed by atoms with E-state index >= 15 is 0 Å². The predicted octanol–water partition coefficient (Wildman–Crippen LogP) is 3.89. The number of aromatic nitrogens is 2. The third kappa shape index (κ3) is 2.74. The maximum atomic E-state index is 6.43. The van der Waals surface area contributed by atoms with Crippen molar-refractivity contribution in [2.24, 2.45) is 12.8 Å². The fourth-order valence-electron chi connectivity index (χ4n) is 2.77. The molecule has 3 nitrogen and oxygen atoms in total. The average Bonchev–Trinajstić information content (AvgIpc) is 2.78. The van der Waals surface area contributed by atoms with Gasteiger partial charge in [0.05, 0.1) is 11.2 Å². The topological polar surface area (TPSA) is 43.8 Å². The Balaban J connectivity index is 1.96. The number of benzene rings is 2. The molecule has 0 aliphatic rings. The highest BCUT2D eigenvalue weighted by molar-refractivity contribution is 9.10. The van der Waals surface area contributed by atoms with Crippen LogP contribution >= 0.6 is 15.9 Å². The van der Waals surface area contributed by atoms with Gasteiger partial charge in [0.15, 0.2) is 0 Å². The van der Waals surface area contributed by atoms with Gasteiger partial charge in [0.1, 0.15) is 0 Å². The van der Waals surface area contributed by atoms with Gasteiger partial charge in [-0.05, 0) is 36.2 Å². The molecule has 0 spiro atoms. The van der Waals surface area contributed by atoms with Crippen LogP contribution in [0, 0.1) is 6.92 Å². The van der Waals surface area contributed by atoms with E-state index in [0.29, 0.717) is 0 Å². The van der Waals surface area contributed by atoms with Crippen LogP contribution in [0.1, 0.15) is 22.9 Å². The van der Waals surface area contributed by atoms with Crippen molar-refractivity contribution in [2.45, 2.75) is 19.4 Å². The molecule has 2 N–H and O–H groups in total. The van der Waals surface area contributed by atoms with E-state index in [-0.39, 0.29) is 6.04 Å². The normalized spacial score (nSPS) is 12.8. The summed E-state index contributed by atoms with van der Waals surface area (Å²) < 4.78 is 2.98. The summed E-state index contributed by atoms with van der Waals surface area (Å²) in [5.74, 6) is 0. The molecule has 2 aromatic carbocycles. The van der Waals surface area contributed by atoms with E-state index in [1.54, 1.807) is 0 Å². The van der Waals surface area contributed by atoms with Gasteiger partial charge < -0.3 is 5.73 Å². The van der Waals surface area contributed by atoms with Crippen LogP contribution in [-0.2, 0) is 13.5 Å². The van der Waals surface area contributed by atoms with E-state index in [0.717, 1.165) is 22.1 Å². The summed E-state index contributed by atoms with van der Waals surface area (Å²) in [5, 5.41) is 5.82. The molecule has 3 rings (SSSR count). The molecule has 108 valence electrons. The monoisotopic (exact) mass is 343 g/mol. The summed E-state index contributed by atoms with van der Waals surface area (Å²) in [7, 11) is 1.97. The molecule has 1 aromatic heterocycles. The minimum Gasteiger partial charge on any atom is -0.324 e. The van der Waals surface area contributed by atoms with Gasteiger partial charge >= 0.3 is 0 Å². The Hall–Kier alpha value is -1.65. The number of hydrogen-bond acceptors (Lipinski definition) is 2. The molecule has 1 atom stereocenters. The first-order valence-electron chi connectivity index (χ1n) is 6.98. The third-order valence-electron chi connectivity index (χ3n) is 3.89. The molecule has 1 heterocycles. The van der Waals surface area contributed by atoms with Gasteiger partial charge in [0, 0.05) is 29.4 Å². The maximum Gasteiger partial charge on any atom is 0.0722 e. The predicted molar refractivity (Wildman–Crippen MR) is 90.2 cm³/mol. The molecule has 0 saturated heterocycles. The first-order valence-corrected chi connectivity index (χ1v) is 7.78. The van der Waals surface area contributed by atoms with Gasteiger partial charge in [-0.15, -0.1) is 0 Å². The van der Waals surface area contributed by atoms with Crippen LogP contribution in [0.3, 0.4) is 0 Å². The van der Waals surface area contributed by atoms with Gasteiger partial charge in [-0.2, -0.15) is 5.10 Å². The number of hydrogen-bond donors (Lipinski definition) is 1. The van der Waals surface area contributed by atoms with E-state index in [1.807, 2.05) is 29.9 Å². The highest BCUT2D eigenvalue weighted by Crippen LogP contribution is 2.26. The van der Waals surface area contributed by atoms with Crippen molar-refractivity contribution in [1.82, 2.24) is 9.78 Å². The molecule has 3 aromatic rings. The Bertz CT molecular complexity index is 792. The number of nitrogens with two attached hydrogens (primary N) is 1. The van der Waals surface area contributed by atoms with Gasteiger partial charge in [0.2, 0.25) is 0 Å². The first kappa shape index (κ1) is 14.3. The summed E-state index contributed by atoms with van der Waals surface area (Å²) in [4.78, 5) is 0.